The summed E-state index contributed by atoms with van der Waals surface area (Å²) in [5, 5.41) is 0.223. The van der Waals surface area contributed by atoms with Crippen LogP contribution in [-0.2, 0) is 9.53 Å². The molecule has 0 saturated heterocycles. The second-order valence-electron chi connectivity index (χ2n) is 4.19. The number of cyclic esters (lactones) is 1. The van der Waals surface area contributed by atoms with Crippen molar-refractivity contribution in [3.63, 3.8) is 0 Å². The molecule has 0 spiro atoms. The number of nitrogens with zero attached hydrogens (tertiary/aromatic N) is 2. The Morgan fingerprint density at radius 2 is 2.18 bits per heavy atom. The van der Waals surface area contributed by atoms with Crippen molar-refractivity contribution in [3.05, 3.63) is 50.0 Å². The van der Waals surface area contributed by atoms with Crippen LogP contribution in [-0.4, -0.2) is 24.0 Å². The molecular weight excluding hydrogens is 347 g/mol. The van der Waals surface area contributed by atoms with Crippen LogP contribution in [0.4, 0.5) is 0 Å². The molecule has 1 aromatic carbocycles. The number of carbonyl (C=O) groups excluding carboxylic acids is 1. The van der Waals surface area contributed by atoms with E-state index in [4.69, 9.17) is 32.7 Å². The van der Waals surface area contributed by atoms with Gasteiger partial charge in [-0.15, -0.1) is 11.3 Å². The van der Waals surface area contributed by atoms with Crippen molar-refractivity contribution in [1.82, 2.24) is 4.98 Å². The van der Waals surface area contributed by atoms with Crippen molar-refractivity contribution in [2.24, 2.45) is 4.99 Å². The fourth-order valence-corrected chi connectivity index (χ4v) is 3.09. The molecule has 0 fully saturated rings. The molecule has 0 amide bonds. The third-order valence-corrected chi connectivity index (χ3v) is 4.30. The second kappa shape index (κ2) is 6.08. The van der Waals surface area contributed by atoms with E-state index in [-0.39, 0.29) is 16.7 Å². The minimum absolute atomic E-state index is 0.139. The highest BCUT2D eigenvalue weighted by atomic mass is 35.5. The standard InChI is InChI=1S/C14H8Cl2N2O3S/c1-20-8-4-2-3-7(5-8)12-17-9(13(19)21-12)6-10-11(15)18-14(16)22-10/h2-6H,1H3. The van der Waals surface area contributed by atoms with Crippen LogP contribution in [0.15, 0.2) is 35.0 Å². The summed E-state index contributed by atoms with van der Waals surface area (Å²) in [5.41, 5.74) is 0.782. The van der Waals surface area contributed by atoms with E-state index in [0.717, 1.165) is 11.3 Å². The number of aliphatic imine (C=N–C) groups is 1. The van der Waals surface area contributed by atoms with Gasteiger partial charge in [0.1, 0.15) is 10.9 Å². The van der Waals surface area contributed by atoms with Crippen LogP contribution < -0.4 is 4.74 Å². The molecular formula is C14H8Cl2N2O3S. The van der Waals surface area contributed by atoms with Crippen LogP contribution in [0, 0.1) is 0 Å². The average molecular weight is 355 g/mol. The molecule has 0 radical (unpaired) electrons. The van der Waals surface area contributed by atoms with Gasteiger partial charge in [-0.05, 0) is 24.3 Å². The number of hydrogen-bond acceptors (Lipinski definition) is 6. The molecule has 0 aliphatic carbocycles. The van der Waals surface area contributed by atoms with Crippen LogP contribution >= 0.6 is 34.5 Å². The third kappa shape index (κ3) is 2.99. The minimum Gasteiger partial charge on any atom is -0.497 e. The van der Waals surface area contributed by atoms with E-state index in [1.807, 2.05) is 0 Å². The van der Waals surface area contributed by atoms with Gasteiger partial charge in [0, 0.05) is 5.56 Å². The van der Waals surface area contributed by atoms with Gasteiger partial charge >= 0.3 is 5.97 Å². The number of ether oxygens (including phenoxy) is 2. The largest absolute Gasteiger partial charge is 0.497 e. The minimum atomic E-state index is -0.557. The second-order valence-corrected chi connectivity index (χ2v) is 6.16. The fourth-order valence-electron chi connectivity index (χ4n) is 1.79. The molecule has 0 saturated carbocycles. The summed E-state index contributed by atoms with van der Waals surface area (Å²) in [5.74, 6) is 0.297. The number of halogens is 2. The Kier molecular flexibility index (Phi) is 4.15. The summed E-state index contributed by atoms with van der Waals surface area (Å²) >= 11 is 12.8. The first kappa shape index (κ1) is 15.0. The Morgan fingerprint density at radius 1 is 1.36 bits per heavy atom. The van der Waals surface area contributed by atoms with Gasteiger partial charge in [-0.1, -0.05) is 29.3 Å². The Hall–Kier alpha value is -1.89. The number of aromatic nitrogens is 1. The summed E-state index contributed by atoms with van der Waals surface area (Å²) in [6.45, 7) is 0. The van der Waals surface area contributed by atoms with E-state index >= 15 is 0 Å². The molecule has 0 N–H and O–H groups in total. The molecule has 1 aromatic heterocycles. The molecule has 5 nitrogen and oxygen atoms in total. The Labute approximate surface area is 139 Å². The van der Waals surface area contributed by atoms with Crippen LogP contribution in [0.3, 0.4) is 0 Å². The van der Waals surface area contributed by atoms with E-state index in [1.54, 1.807) is 31.4 Å². The van der Waals surface area contributed by atoms with E-state index < -0.39 is 5.97 Å². The molecule has 0 bridgehead atoms. The molecule has 1 aliphatic heterocycles. The van der Waals surface area contributed by atoms with Crippen molar-refractivity contribution < 1.29 is 14.3 Å². The maximum absolute atomic E-state index is 11.9. The van der Waals surface area contributed by atoms with E-state index in [0.29, 0.717) is 20.7 Å². The SMILES string of the molecule is COc1cccc(C2=NC(=Cc3sc(Cl)nc3Cl)C(=O)O2)c1. The lowest BCUT2D eigenvalue weighted by Gasteiger charge is -2.02. The first-order chi connectivity index (χ1) is 10.6. The Balaban J connectivity index is 1.96. The van der Waals surface area contributed by atoms with Crippen molar-refractivity contribution >= 4 is 52.5 Å². The highest BCUT2D eigenvalue weighted by Crippen LogP contribution is 2.30. The maximum atomic E-state index is 11.9. The highest BCUT2D eigenvalue weighted by Gasteiger charge is 2.25. The number of carbonyl (C=O) groups is 1. The average Bonchev–Trinajstić information content (AvgIpc) is 3.02. The number of methoxy groups -OCH3 is 1. The summed E-state index contributed by atoms with van der Waals surface area (Å²) in [4.78, 5) is 20.5. The first-order valence-corrected chi connectivity index (χ1v) is 7.63. The summed E-state index contributed by atoms with van der Waals surface area (Å²) in [7, 11) is 1.56. The molecule has 112 valence electrons. The Morgan fingerprint density at radius 3 is 2.86 bits per heavy atom. The van der Waals surface area contributed by atoms with E-state index in [9.17, 15) is 4.79 Å². The van der Waals surface area contributed by atoms with Gasteiger partial charge in [0.05, 0.1) is 12.0 Å². The maximum Gasteiger partial charge on any atom is 0.363 e. The molecule has 0 atom stereocenters. The van der Waals surface area contributed by atoms with Crippen molar-refractivity contribution in [1.29, 1.82) is 0 Å². The van der Waals surface area contributed by atoms with Crippen molar-refractivity contribution in [2.75, 3.05) is 7.11 Å². The van der Waals surface area contributed by atoms with Crippen LogP contribution in [0.1, 0.15) is 10.4 Å². The number of esters is 1. The number of thiazole rings is 1. The van der Waals surface area contributed by atoms with Crippen LogP contribution in [0.2, 0.25) is 9.62 Å². The van der Waals surface area contributed by atoms with Gasteiger partial charge in [-0.2, -0.15) is 0 Å². The summed E-state index contributed by atoms with van der Waals surface area (Å²) in [6.07, 6.45) is 1.50. The van der Waals surface area contributed by atoms with Gasteiger partial charge in [0.2, 0.25) is 5.90 Å². The van der Waals surface area contributed by atoms with E-state index in [1.165, 1.54) is 6.08 Å². The van der Waals surface area contributed by atoms with Gasteiger partial charge in [0.25, 0.3) is 0 Å². The summed E-state index contributed by atoms with van der Waals surface area (Å²) in [6, 6.07) is 7.07. The molecule has 1 aliphatic rings. The quantitative estimate of drug-likeness (QED) is 0.621. The highest BCUT2D eigenvalue weighted by molar-refractivity contribution is 7.17. The zero-order valence-electron chi connectivity index (χ0n) is 11.2. The van der Waals surface area contributed by atoms with Crippen LogP contribution in [0.5, 0.6) is 5.75 Å². The van der Waals surface area contributed by atoms with Gasteiger partial charge in [-0.25, -0.2) is 14.8 Å². The molecule has 2 aromatic rings. The monoisotopic (exact) mass is 354 g/mol. The normalized spacial score (nSPS) is 15.9. The lowest BCUT2D eigenvalue weighted by Crippen LogP contribution is -2.05. The third-order valence-electron chi connectivity index (χ3n) is 2.79. The Bertz CT molecular complexity index is 814. The zero-order chi connectivity index (χ0) is 15.7. The lowest BCUT2D eigenvalue weighted by molar-refractivity contribution is -0.129. The number of hydrogen-bond donors (Lipinski definition) is 0. The van der Waals surface area contributed by atoms with Gasteiger partial charge in [-0.3, -0.25) is 0 Å². The zero-order valence-corrected chi connectivity index (χ0v) is 13.5. The van der Waals surface area contributed by atoms with Crippen molar-refractivity contribution in [2.45, 2.75) is 0 Å². The molecule has 3 rings (SSSR count). The lowest BCUT2D eigenvalue weighted by atomic mass is 10.2. The smallest absolute Gasteiger partial charge is 0.363 e. The summed E-state index contributed by atoms with van der Waals surface area (Å²) < 4.78 is 10.6. The van der Waals surface area contributed by atoms with E-state index in [2.05, 4.69) is 9.98 Å². The first-order valence-electron chi connectivity index (χ1n) is 6.05. The van der Waals surface area contributed by atoms with Gasteiger partial charge in [0.15, 0.2) is 10.2 Å². The molecule has 2 heterocycles. The van der Waals surface area contributed by atoms with Crippen molar-refractivity contribution in [3.8, 4) is 5.75 Å². The van der Waals surface area contributed by atoms with Gasteiger partial charge < -0.3 is 9.47 Å². The molecule has 8 heteroatoms. The van der Waals surface area contributed by atoms with Crippen LogP contribution in [0.25, 0.3) is 6.08 Å². The number of benzene rings is 1. The topological polar surface area (TPSA) is 60.8 Å². The number of rotatable bonds is 3. The predicted octanol–water partition coefficient (Wildman–Crippen LogP) is 3.80. The fraction of sp³-hybridized carbons (Fsp3) is 0.0714. The predicted molar refractivity (Wildman–Crippen MR) is 85.7 cm³/mol. The molecule has 22 heavy (non-hydrogen) atoms. The molecule has 0 unspecified atom stereocenters.